The van der Waals surface area contributed by atoms with Crippen LogP contribution in [0.2, 0.25) is 0 Å². The second kappa shape index (κ2) is 19.8. The molecule has 0 aromatic heterocycles. The Balaban J connectivity index is 1.57. The molecule has 0 spiro atoms. The van der Waals surface area contributed by atoms with Crippen molar-refractivity contribution in [1.29, 1.82) is 0 Å². The van der Waals surface area contributed by atoms with Crippen LogP contribution in [0.25, 0.3) is 0 Å². The number of rotatable bonds is 23. The third-order valence-electron chi connectivity index (χ3n) is 9.36. The SMILES string of the molecule is CCCCCCCCCCOC(=O)CCCCCCC1C(=O)CCC1SCC(C)(O)C(C)(C)CCc1ccccc1. The lowest BCUT2D eigenvalue weighted by Gasteiger charge is -2.41. The van der Waals surface area contributed by atoms with Gasteiger partial charge in [-0.2, -0.15) is 11.8 Å². The fourth-order valence-corrected chi connectivity index (χ4v) is 7.48. The summed E-state index contributed by atoms with van der Waals surface area (Å²) in [6.45, 7) is 9.11. The zero-order valence-electron chi connectivity index (χ0n) is 26.8. The summed E-state index contributed by atoms with van der Waals surface area (Å²) in [4.78, 5) is 24.7. The van der Waals surface area contributed by atoms with Crippen LogP contribution in [0.1, 0.15) is 142 Å². The van der Waals surface area contributed by atoms with Gasteiger partial charge in [0.15, 0.2) is 0 Å². The van der Waals surface area contributed by atoms with Gasteiger partial charge in [-0.15, -0.1) is 0 Å². The number of thioether (sulfide) groups is 1. The monoisotopic (exact) mass is 588 g/mol. The summed E-state index contributed by atoms with van der Waals surface area (Å²) >= 11 is 1.81. The zero-order chi connectivity index (χ0) is 30.0. The number of ketones is 1. The molecule has 1 aromatic carbocycles. The summed E-state index contributed by atoms with van der Waals surface area (Å²) in [5.74, 6) is 1.11. The molecule has 0 heterocycles. The van der Waals surface area contributed by atoms with Gasteiger partial charge >= 0.3 is 5.97 Å². The second-order valence-electron chi connectivity index (χ2n) is 13.3. The number of benzene rings is 1. The highest BCUT2D eigenvalue weighted by molar-refractivity contribution is 8.00. The third-order valence-corrected chi connectivity index (χ3v) is 11.1. The van der Waals surface area contributed by atoms with E-state index in [0.29, 0.717) is 36.2 Å². The van der Waals surface area contributed by atoms with Crippen LogP contribution >= 0.6 is 11.8 Å². The van der Waals surface area contributed by atoms with Crippen molar-refractivity contribution in [2.75, 3.05) is 12.4 Å². The van der Waals surface area contributed by atoms with Crippen molar-refractivity contribution >= 4 is 23.5 Å². The summed E-state index contributed by atoms with van der Waals surface area (Å²) in [6, 6.07) is 10.5. The summed E-state index contributed by atoms with van der Waals surface area (Å²) in [5, 5.41) is 11.7. The lowest BCUT2D eigenvalue weighted by atomic mass is 9.73. The van der Waals surface area contributed by atoms with E-state index in [-0.39, 0.29) is 17.3 Å². The van der Waals surface area contributed by atoms with E-state index in [1.165, 1.54) is 44.1 Å². The molecule has 41 heavy (non-hydrogen) atoms. The Morgan fingerprint density at radius 2 is 1.56 bits per heavy atom. The summed E-state index contributed by atoms with van der Waals surface area (Å²) in [7, 11) is 0. The summed E-state index contributed by atoms with van der Waals surface area (Å²) < 4.78 is 5.41. The minimum Gasteiger partial charge on any atom is -0.466 e. The smallest absolute Gasteiger partial charge is 0.305 e. The first-order valence-electron chi connectivity index (χ1n) is 16.7. The average molecular weight is 589 g/mol. The van der Waals surface area contributed by atoms with Gasteiger partial charge in [-0.25, -0.2) is 0 Å². The Morgan fingerprint density at radius 3 is 2.27 bits per heavy atom. The third kappa shape index (κ3) is 14.1. The zero-order valence-corrected chi connectivity index (χ0v) is 27.6. The maximum absolute atomic E-state index is 12.7. The van der Waals surface area contributed by atoms with Crippen LogP contribution in [-0.2, 0) is 20.7 Å². The molecule has 1 N–H and O–H groups in total. The number of ether oxygens (including phenoxy) is 1. The van der Waals surface area contributed by atoms with Gasteiger partial charge in [0, 0.05) is 29.8 Å². The van der Waals surface area contributed by atoms with Crippen molar-refractivity contribution in [3.8, 4) is 0 Å². The molecule has 0 bridgehead atoms. The molecule has 2 rings (SSSR count). The normalized spacial score (nSPS) is 18.9. The minimum absolute atomic E-state index is 0.0610. The van der Waals surface area contributed by atoms with E-state index in [2.05, 4.69) is 45.0 Å². The first kappa shape index (κ1) is 35.9. The molecular weight excluding hydrogens is 528 g/mol. The van der Waals surface area contributed by atoms with Crippen molar-refractivity contribution in [3.05, 3.63) is 35.9 Å². The van der Waals surface area contributed by atoms with E-state index in [9.17, 15) is 14.7 Å². The van der Waals surface area contributed by atoms with Crippen molar-refractivity contribution in [3.63, 3.8) is 0 Å². The Labute approximate surface area is 256 Å². The molecule has 1 aliphatic carbocycles. The van der Waals surface area contributed by atoms with Crippen LogP contribution in [0.5, 0.6) is 0 Å². The van der Waals surface area contributed by atoms with E-state index in [1.807, 2.05) is 24.8 Å². The van der Waals surface area contributed by atoms with Gasteiger partial charge in [0.05, 0.1) is 12.2 Å². The molecule has 0 saturated heterocycles. The lowest BCUT2D eigenvalue weighted by Crippen LogP contribution is -2.45. The van der Waals surface area contributed by atoms with Crippen LogP contribution in [0, 0.1) is 11.3 Å². The molecule has 1 saturated carbocycles. The molecule has 4 nitrogen and oxygen atoms in total. The fraction of sp³-hybridized carbons (Fsp3) is 0.778. The van der Waals surface area contributed by atoms with Crippen LogP contribution in [0.4, 0.5) is 0 Å². The standard InChI is InChI=1S/C36H60O4S/c1-5-6-7-8-9-10-13-19-28-40-34(38)23-18-12-11-17-22-31-32(37)24-25-33(31)41-29-36(4,39)35(2,3)27-26-30-20-15-14-16-21-30/h14-16,20-21,31,33,39H,5-13,17-19,22-29H2,1-4H3. The number of aryl methyl sites for hydroxylation is 1. The summed E-state index contributed by atoms with van der Waals surface area (Å²) in [6.07, 6.45) is 18.9. The number of esters is 1. The van der Waals surface area contributed by atoms with Gasteiger partial charge in [0.2, 0.25) is 0 Å². The number of hydrogen-bond acceptors (Lipinski definition) is 5. The molecular formula is C36H60O4S. The topological polar surface area (TPSA) is 63.6 Å². The van der Waals surface area contributed by atoms with Gasteiger partial charge in [-0.05, 0) is 56.4 Å². The lowest BCUT2D eigenvalue weighted by molar-refractivity contribution is -0.143. The van der Waals surface area contributed by atoms with Crippen LogP contribution < -0.4 is 0 Å². The first-order chi connectivity index (χ1) is 19.7. The van der Waals surface area contributed by atoms with Crippen LogP contribution in [0.3, 0.4) is 0 Å². The Morgan fingerprint density at radius 1 is 0.927 bits per heavy atom. The fourth-order valence-electron chi connectivity index (χ4n) is 5.74. The number of carbonyl (C=O) groups is 2. The predicted molar refractivity (Wildman–Crippen MR) is 174 cm³/mol. The Hall–Kier alpha value is -1.33. The Bertz CT molecular complexity index is 850. The highest BCUT2D eigenvalue weighted by Crippen LogP contribution is 2.42. The van der Waals surface area contributed by atoms with E-state index >= 15 is 0 Å². The largest absolute Gasteiger partial charge is 0.466 e. The van der Waals surface area contributed by atoms with Crippen molar-refractivity contribution < 1.29 is 19.4 Å². The molecule has 0 radical (unpaired) electrons. The van der Waals surface area contributed by atoms with Crippen molar-refractivity contribution in [2.24, 2.45) is 11.3 Å². The molecule has 0 amide bonds. The maximum atomic E-state index is 12.7. The number of unbranched alkanes of at least 4 members (excludes halogenated alkanes) is 10. The maximum Gasteiger partial charge on any atom is 0.305 e. The van der Waals surface area contributed by atoms with E-state index in [4.69, 9.17) is 4.74 Å². The predicted octanol–water partition coefficient (Wildman–Crippen LogP) is 9.50. The highest BCUT2D eigenvalue weighted by Gasteiger charge is 2.41. The van der Waals surface area contributed by atoms with Gasteiger partial charge < -0.3 is 9.84 Å². The van der Waals surface area contributed by atoms with Crippen molar-refractivity contribution in [2.45, 2.75) is 154 Å². The molecule has 1 aliphatic rings. The average Bonchev–Trinajstić information content (AvgIpc) is 3.31. The molecule has 1 aromatic rings. The number of hydrogen-bond donors (Lipinski definition) is 1. The van der Waals surface area contributed by atoms with E-state index in [0.717, 1.165) is 64.2 Å². The van der Waals surface area contributed by atoms with E-state index < -0.39 is 5.60 Å². The summed E-state index contributed by atoms with van der Waals surface area (Å²) in [5.41, 5.74) is 0.287. The number of aliphatic hydroxyl groups is 1. The first-order valence-corrected chi connectivity index (χ1v) is 17.8. The van der Waals surface area contributed by atoms with Crippen LogP contribution in [0.15, 0.2) is 30.3 Å². The molecule has 234 valence electrons. The molecule has 3 atom stereocenters. The number of Topliss-reactive ketones (excluding diaryl/α,β-unsaturated/α-hetero) is 1. The quantitative estimate of drug-likeness (QED) is 0.102. The van der Waals surface area contributed by atoms with Crippen LogP contribution in [-0.4, -0.2) is 40.1 Å². The van der Waals surface area contributed by atoms with Gasteiger partial charge in [0.1, 0.15) is 5.78 Å². The molecule has 3 unspecified atom stereocenters. The minimum atomic E-state index is -0.800. The highest BCUT2D eigenvalue weighted by atomic mass is 32.2. The molecule has 0 aliphatic heterocycles. The van der Waals surface area contributed by atoms with Gasteiger partial charge in [0.25, 0.3) is 0 Å². The van der Waals surface area contributed by atoms with E-state index in [1.54, 1.807) is 0 Å². The molecule has 1 fully saturated rings. The molecule has 5 heteroatoms. The van der Waals surface area contributed by atoms with Crippen molar-refractivity contribution in [1.82, 2.24) is 0 Å². The second-order valence-corrected chi connectivity index (χ2v) is 14.5. The Kier molecular flexibility index (Phi) is 17.3. The van der Waals surface area contributed by atoms with Gasteiger partial charge in [-0.3, -0.25) is 9.59 Å². The number of carbonyl (C=O) groups excluding carboxylic acids is 2. The van der Waals surface area contributed by atoms with Gasteiger partial charge in [-0.1, -0.05) is 115 Å².